The highest BCUT2D eigenvalue weighted by Crippen LogP contribution is 2.39. The molecule has 2 rings (SSSR count). The summed E-state index contributed by atoms with van der Waals surface area (Å²) in [7, 11) is 0. The molecular formula is C14H16O. The Bertz CT molecular complexity index is 414. The zero-order chi connectivity index (χ0) is 11.0. The van der Waals surface area contributed by atoms with Crippen LogP contribution in [0.5, 0.6) is 0 Å². The molecule has 1 aliphatic rings. The van der Waals surface area contributed by atoms with Crippen LogP contribution in [0.25, 0.3) is 5.57 Å². The highest BCUT2D eigenvalue weighted by Gasteiger charge is 2.34. The first-order valence-electron chi connectivity index (χ1n) is 5.43. The van der Waals surface area contributed by atoms with E-state index >= 15 is 0 Å². The first-order valence-corrected chi connectivity index (χ1v) is 5.43. The van der Waals surface area contributed by atoms with Gasteiger partial charge < -0.3 is 0 Å². The van der Waals surface area contributed by atoms with Gasteiger partial charge in [0.2, 0.25) is 0 Å². The van der Waals surface area contributed by atoms with E-state index in [1.54, 1.807) is 0 Å². The van der Waals surface area contributed by atoms with Gasteiger partial charge in [-0.25, -0.2) is 0 Å². The molecule has 2 unspecified atom stereocenters. The predicted octanol–water partition coefficient (Wildman–Crippen LogP) is 3.32. The molecule has 0 N–H and O–H groups in total. The monoisotopic (exact) mass is 200 g/mol. The SMILES string of the molecule is CC1=C(c2ccccc2)C(C)C(C)C1=O. The summed E-state index contributed by atoms with van der Waals surface area (Å²) in [6, 6.07) is 10.2. The molecule has 78 valence electrons. The van der Waals surface area contributed by atoms with Crippen molar-refractivity contribution in [2.24, 2.45) is 11.8 Å². The van der Waals surface area contributed by atoms with Crippen molar-refractivity contribution in [1.82, 2.24) is 0 Å². The van der Waals surface area contributed by atoms with Crippen LogP contribution in [-0.2, 0) is 4.79 Å². The third-order valence-electron chi connectivity index (χ3n) is 3.48. The maximum absolute atomic E-state index is 11.8. The van der Waals surface area contributed by atoms with E-state index in [0.717, 1.165) is 5.57 Å². The largest absolute Gasteiger partial charge is 0.294 e. The van der Waals surface area contributed by atoms with Gasteiger partial charge in [-0.15, -0.1) is 0 Å². The molecule has 1 aliphatic carbocycles. The van der Waals surface area contributed by atoms with Gasteiger partial charge in [0.1, 0.15) is 0 Å². The summed E-state index contributed by atoms with van der Waals surface area (Å²) < 4.78 is 0. The van der Waals surface area contributed by atoms with E-state index in [0.29, 0.717) is 11.7 Å². The quantitative estimate of drug-likeness (QED) is 0.679. The van der Waals surface area contributed by atoms with Gasteiger partial charge in [-0.3, -0.25) is 4.79 Å². The van der Waals surface area contributed by atoms with Gasteiger partial charge in [0.15, 0.2) is 5.78 Å². The van der Waals surface area contributed by atoms with Crippen molar-refractivity contribution in [3.05, 3.63) is 41.5 Å². The Balaban J connectivity index is 2.50. The number of carbonyl (C=O) groups is 1. The molecule has 1 aromatic carbocycles. The average molecular weight is 200 g/mol. The molecule has 1 aromatic rings. The molecule has 0 bridgehead atoms. The average Bonchev–Trinajstić information content (AvgIpc) is 2.45. The molecule has 0 radical (unpaired) electrons. The lowest BCUT2D eigenvalue weighted by Gasteiger charge is -2.13. The second kappa shape index (κ2) is 3.65. The highest BCUT2D eigenvalue weighted by molar-refractivity contribution is 6.08. The van der Waals surface area contributed by atoms with E-state index in [4.69, 9.17) is 0 Å². The standard InChI is InChI=1S/C14H16O/c1-9-10(2)14(15)11(3)13(9)12-7-5-4-6-8-12/h4-10H,1-3H3. The first-order chi connectivity index (χ1) is 7.13. The fraction of sp³-hybridized carbons (Fsp3) is 0.357. The topological polar surface area (TPSA) is 17.1 Å². The molecule has 0 aliphatic heterocycles. The second-order valence-corrected chi connectivity index (χ2v) is 4.35. The molecule has 0 spiro atoms. The predicted molar refractivity (Wildman–Crippen MR) is 62.4 cm³/mol. The minimum Gasteiger partial charge on any atom is -0.294 e. The van der Waals surface area contributed by atoms with Crippen molar-refractivity contribution in [2.75, 3.05) is 0 Å². The molecule has 15 heavy (non-hydrogen) atoms. The number of ketones is 1. The Hall–Kier alpha value is -1.37. The molecular weight excluding hydrogens is 184 g/mol. The van der Waals surface area contributed by atoms with E-state index in [1.807, 2.05) is 32.0 Å². The lowest BCUT2D eigenvalue weighted by Crippen LogP contribution is -2.10. The van der Waals surface area contributed by atoms with Crippen molar-refractivity contribution < 1.29 is 4.79 Å². The van der Waals surface area contributed by atoms with Crippen LogP contribution in [0.3, 0.4) is 0 Å². The van der Waals surface area contributed by atoms with Gasteiger partial charge in [0.25, 0.3) is 0 Å². The normalized spacial score (nSPS) is 26.2. The molecule has 1 nitrogen and oxygen atoms in total. The minimum absolute atomic E-state index is 0.139. The van der Waals surface area contributed by atoms with E-state index in [-0.39, 0.29) is 5.92 Å². The van der Waals surface area contributed by atoms with Crippen LogP contribution >= 0.6 is 0 Å². The second-order valence-electron chi connectivity index (χ2n) is 4.35. The van der Waals surface area contributed by atoms with Crippen LogP contribution in [-0.4, -0.2) is 5.78 Å². The smallest absolute Gasteiger partial charge is 0.162 e. The highest BCUT2D eigenvalue weighted by atomic mass is 16.1. The van der Waals surface area contributed by atoms with Gasteiger partial charge in [-0.05, 0) is 29.6 Å². The molecule has 1 heteroatoms. The number of rotatable bonds is 1. The van der Waals surface area contributed by atoms with Crippen molar-refractivity contribution in [2.45, 2.75) is 20.8 Å². The molecule has 0 saturated carbocycles. The van der Waals surface area contributed by atoms with Gasteiger partial charge in [-0.2, -0.15) is 0 Å². The van der Waals surface area contributed by atoms with E-state index in [9.17, 15) is 4.79 Å². The number of hydrogen-bond acceptors (Lipinski definition) is 1. The van der Waals surface area contributed by atoms with Gasteiger partial charge in [-0.1, -0.05) is 44.2 Å². The van der Waals surface area contributed by atoms with Gasteiger partial charge >= 0.3 is 0 Å². The lowest BCUT2D eigenvalue weighted by atomic mass is 9.90. The summed E-state index contributed by atoms with van der Waals surface area (Å²) in [6.07, 6.45) is 0. The Morgan fingerprint density at radius 3 is 2.07 bits per heavy atom. The summed E-state index contributed by atoms with van der Waals surface area (Å²) in [5.74, 6) is 0.793. The van der Waals surface area contributed by atoms with Crippen molar-refractivity contribution in [3.8, 4) is 0 Å². The van der Waals surface area contributed by atoms with Crippen LogP contribution in [0.2, 0.25) is 0 Å². The van der Waals surface area contributed by atoms with E-state index < -0.39 is 0 Å². The Kier molecular flexibility index (Phi) is 2.47. The van der Waals surface area contributed by atoms with Crippen LogP contribution in [0, 0.1) is 11.8 Å². The maximum atomic E-state index is 11.8. The van der Waals surface area contributed by atoms with Crippen LogP contribution in [0.1, 0.15) is 26.3 Å². The third-order valence-corrected chi connectivity index (χ3v) is 3.48. The Morgan fingerprint density at radius 2 is 1.60 bits per heavy atom. The van der Waals surface area contributed by atoms with Crippen LogP contribution in [0.4, 0.5) is 0 Å². The van der Waals surface area contributed by atoms with E-state index in [1.165, 1.54) is 11.1 Å². The molecule has 0 aromatic heterocycles. The van der Waals surface area contributed by atoms with Gasteiger partial charge in [0.05, 0.1) is 0 Å². The fourth-order valence-corrected chi connectivity index (χ4v) is 2.39. The van der Waals surface area contributed by atoms with Crippen LogP contribution < -0.4 is 0 Å². The summed E-state index contributed by atoms with van der Waals surface area (Å²) >= 11 is 0. The van der Waals surface area contributed by atoms with E-state index in [2.05, 4.69) is 19.1 Å². The minimum atomic E-state index is 0.139. The maximum Gasteiger partial charge on any atom is 0.162 e. The molecule has 2 atom stereocenters. The molecule has 0 amide bonds. The first kappa shape index (κ1) is 10.2. The number of benzene rings is 1. The van der Waals surface area contributed by atoms with Crippen molar-refractivity contribution >= 4 is 11.4 Å². The summed E-state index contributed by atoms with van der Waals surface area (Å²) in [5, 5.41) is 0. The molecule has 0 saturated heterocycles. The Morgan fingerprint density at radius 1 is 1.00 bits per heavy atom. The van der Waals surface area contributed by atoms with Gasteiger partial charge in [0, 0.05) is 5.92 Å². The number of Topliss-reactive ketones (excluding diaryl/α,β-unsaturated/α-hetero) is 1. The fourth-order valence-electron chi connectivity index (χ4n) is 2.39. The third kappa shape index (κ3) is 1.52. The zero-order valence-electron chi connectivity index (χ0n) is 9.45. The summed E-state index contributed by atoms with van der Waals surface area (Å²) in [4.78, 5) is 11.8. The number of hydrogen-bond donors (Lipinski definition) is 0. The summed E-state index contributed by atoms with van der Waals surface area (Å²) in [6.45, 7) is 6.11. The number of allylic oxidation sites excluding steroid dienone is 2. The molecule has 0 heterocycles. The van der Waals surface area contributed by atoms with Crippen molar-refractivity contribution in [3.63, 3.8) is 0 Å². The lowest BCUT2D eigenvalue weighted by molar-refractivity contribution is -0.118. The summed E-state index contributed by atoms with van der Waals surface area (Å²) in [5.41, 5.74) is 3.37. The molecule has 0 fully saturated rings. The zero-order valence-corrected chi connectivity index (χ0v) is 9.45. The Labute approximate surface area is 90.8 Å². The number of carbonyl (C=O) groups excluding carboxylic acids is 1. The van der Waals surface area contributed by atoms with Crippen LogP contribution in [0.15, 0.2) is 35.9 Å². The van der Waals surface area contributed by atoms with Crippen molar-refractivity contribution in [1.29, 1.82) is 0 Å².